The summed E-state index contributed by atoms with van der Waals surface area (Å²) in [6.07, 6.45) is 0.0850. The van der Waals surface area contributed by atoms with Crippen LogP contribution >= 0.6 is 0 Å². The normalized spacial score (nSPS) is 14.3. The predicted octanol–water partition coefficient (Wildman–Crippen LogP) is 10.8. The molecule has 1 aromatic heterocycles. The number of rotatable bonds is 3. The third kappa shape index (κ3) is 3.60. The van der Waals surface area contributed by atoms with Crippen LogP contribution in [-0.2, 0) is 0 Å². The van der Waals surface area contributed by atoms with Crippen molar-refractivity contribution in [1.82, 2.24) is 0 Å². The highest BCUT2D eigenvalue weighted by Crippen LogP contribution is 2.41. The number of anilines is 2. The Kier molecular flexibility index (Phi) is 4.96. The lowest BCUT2D eigenvalue weighted by molar-refractivity contribution is 0.672. The molecule has 7 aromatic carbocycles. The van der Waals surface area contributed by atoms with Gasteiger partial charge in [-0.3, -0.25) is 0 Å². The van der Waals surface area contributed by atoms with Gasteiger partial charge in [0.05, 0.1) is 11.4 Å². The first kappa shape index (κ1) is 23.2. The van der Waals surface area contributed by atoms with Crippen molar-refractivity contribution >= 4 is 54.9 Å². The second kappa shape index (κ2) is 8.98. The standard InChI is InChI=1S/C39H26N2O/c1-2-8-24(9-3-1)39-40-35-19-18-28(22-36(35)41-39)26-14-15-27-21-29(17-16-25(27)20-26)33-23-34-31-11-6-7-13-37(31)42-38(34)32-12-5-4-10-30(32)33/h1-23,39-41H. The molecule has 2 N–H and O–H groups in total. The van der Waals surface area contributed by atoms with Crippen LogP contribution in [-0.4, -0.2) is 0 Å². The Bertz CT molecular complexity index is 2320. The third-order valence-electron chi connectivity index (χ3n) is 8.62. The molecule has 0 aliphatic carbocycles. The van der Waals surface area contributed by atoms with Crippen molar-refractivity contribution < 1.29 is 4.42 Å². The van der Waals surface area contributed by atoms with Crippen LogP contribution in [0.2, 0.25) is 0 Å². The monoisotopic (exact) mass is 538 g/mol. The molecular formula is C39H26N2O. The molecule has 0 bridgehead atoms. The van der Waals surface area contributed by atoms with Crippen molar-refractivity contribution in [3.05, 3.63) is 145 Å². The van der Waals surface area contributed by atoms with Gasteiger partial charge in [-0.1, -0.05) is 103 Å². The van der Waals surface area contributed by atoms with Crippen molar-refractivity contribution in [3.63, 3.8) is 0 Å². The number of fused-ring (bicyclic) bond motifs is 7. The maximum Gasteiger partial charge on any atom is 0.143 e. The van der Waals surface area contributed by atoms with E-state index in [1.54, 1.807) is 0 Å². The van der Waals surface area contributed by atoms with E-state index in [0.717, 1.165) is 38.7 Å². The molecule has 1 unspecified atom stereocenters. The molecule has 8 aromatic rings. The SMILES string of the molecule is c1ccc(C2Nc3ccc(-c4ccc5cc(-c6cc7c8ccccc8oc7c7ccccc67)ccc5c4)cc3N2)cc1. The fourth-order valence-corrected chi connectivity index (χ4v) is 6.51. The zero-order valence-electron chi connectivity index (χ0n) is 22.8. The molecular weight excluding hydrogens is 512 g/mol. The second-order valence-corrected chi connectivity index (χ2v) is 11.1. The topological polar surface area (TPSA) is 37.2 Å². The van der Waals surface area contributed by atoms with E-state index in [-0.39, 0.29) is 6.17 Å². The van der Waals surface area contributed by atoms with E-state index < -0.39 is 0 Å². The van der Waals surface area contributed by atoms with Crippen molar-refractivity contribution in [2.45, 2.75) is 6.17 Å². The summed E-state index contributed by atoms with van der Waals surface area (Å²) in [5, 5.41) is 14.3. The lowest BCUT2D eigenvalue weighted by Crippen LogP contribution is -2.11. The Labute approximate surface area is 243 Å². The minimum absolute atomic E-state index is 0.0850. The Morgan fingerprint density at radius 2 is 1.10 bits per heavy atom. The number of furan rings is 1. The molecule has 1 aliphatic rings. The molecule has 0 saturated carbocycles. The highest BCUT2D eigenvalue weighted by atomic mass is 16.3. The first-order valence-corrected chi connectivity index (χ1v) is 14.4. The molecule has 0 radical (unpaired) electrons. The van der Waals surface area contributed by atoms with Gasteiger partial charge < -0.3 is 15.1 Å². The summed E-state index contributed by atoms with van der Waals surface area (Å²) >= 11 is 0. The summed E-state index contributed by atoms with van der Waals surface area (Å²) < 4.78 is 6.33. The Hall–Kier alpha value is -5.54. The fourth-order valence-electron chi connectivity index (χ4n) is 6.51. The molecule has 0 fully saturated rings. The minimum atomic E-state index is 0.0850. The Morgan fingerprint density at radius 3 is 1.95 bits per heavy atom. The molecule has 3 heteroatoms. The molecule has 3 nitrogen and oxygen atoms in total. The van der Waals surface area contributed by atoms with Crippen molar-refractivity contribution in [3.8, 4) is 22.3 Å². The smallest absolute Gasteiger partial charge is 0.143 e. The zero-order chi connectivity index (χ0) is 27.6. The fraction of sp³-hybridized carbons (Fsp3) is 0.0256. The summed E-state index contributed by atoms with van der Waals surface area (Å²) in [7, 11) is 0. The number of benzene rings is 7. The van der Waals surface area contributed by atoms with Gasteiger partial charge in [0, 0.05) is 16.2 Å². The predicted molar refractivity (Wildman–Crippen MR) is 176 cm³/mol. The zero-order valence-corrected chi connectivity index (χ0v) is 22.8. The van der Waals surface area contributed by atoms with Crippen LogP contribution in [0.3, 0.4) is 0 Å². The molecule has 1 atom stereocenters. The van der Waals surface area contributed by atoms with Gasteiger partial charge >= 0.3 is 0 Å². The van der Waals surface area contributed by atoms with Gasteiger partial charge in [-0.25, -0.2) is 0 Å². The highest BCUT2D eigenvalue weighted by molar-refractivity contribution is 6.19. The summed E-state index contributed by atoms with van der Waals surface area (Å²) in [5.74, 6) is 0. The van der Waals surface area contributed by atoms with E-state index in [4.69, 9.17) is 4.42 Å². The lowest BCUT2D eigenvalue weighted by Gasteiger charge is -2.12. The maximum atomic E-state index is 6.33. The molecule has 0 spiro atoms. The lowest BCUT2D eigenvalue weighted by atomic mass is 9.93. The number of para-hydroxylation sites is 1. The number of nitrogens with one attached hydrogen (secondary N) is 2. The molecule has 198 valence electrons. The van der Waals surface area contributed by atoms with E-state index >= 15 is 0 Å². The highest BCUT2D eigenvalue weighted by Gasteiger charge is 2.21. The summed E-state index contributed by atoms with van der Waals surface area (Å²) in [4.78, 5) is 0. The van der Waals surface area contributed by atoms with Crippen LogP contribution < -0.4 is 10.6 Å². The van der Waals surface area contributed by atoms with Crippen LogP contribution in [0, 0.1) is 0 Å². The average molecular weight is 539 g/mol. The Morgan fingerprint density at radius 1 is 0.452 bits per heavy atom. The Balaban J connectivity index is 1.11. The van der Waals surface area contributed by atoms with Gasteiger partial charge in [-0.05, 0) is 80.4 Å². The van der Waals surface area contributed by atoms with E-state index in [9.17, 15) is 0 Å². The average Bonchev–Trinajstić information content (AvgIpc) is 3.66. The van der Waals surface area contributed by atoms with Gasteiger partial charge in [-0.15, -0.1) is 0 Å². The maximum absolute atomic E-state index is 6.33. The van der Waals surface area contributed by atoms with Crippen LogP contribution in [0.15, 0.2) is 144 Å². The van der Waals surface area contributed by atoms with Crippen molar-refractivity contribution in [2.24, 2.45) is 0 Å². The van der Waals surface area contributed by atoms with Gasteiger partial charge in [0.1, 0.15) is 17.3 Å². The van der Waals surface area contributed by atoms with Crippen molar-refractivity contribution in [1.29, 1.82) is 0 Å². The largest absolute Gasteiger partial charge is 0.455 e. The minimum Gasteiger partial charge on any atom is -0.455 e. The molecule has 0 saturated heterocycles. The first-order valence-electron chi connectivity index (χ1n) is 14.4. The third-order valence-corrected chi connectivity index (χ3v) is 8.62. The van der Waals surface area contributed by atoms with E-state index in [2.05, 4.69) is 132 Å². The molecule has 2 heterocycles. The summed E-state index contributed by atoms with van der Waals surface area (Å²) in [6.45, 7) is 0. The summed E-state index contributed by atoms with van der Waals surface area (Å²) in [6, 6.07) is 49.9. The number of hydrogen-bond acceptors (Lipinski definition) is 3. The molecule has 42 heavy (non-hydrogen) atoms. The van der Waals surface area contributed by atoms with Crippen LogP contribution in [0.1, 0.15) is 11.7 Å². The van der Waals surface area contributed by atoms with Crippen LogP contribution in [0.4, 0.5) is 11.4 Å². The van der Waals surface area contributed by atoms with E-state index in [0.29, 0.717) is 0 Å². The second-order valence-electron chi connectivity index (χ2n) is 11.1. The first-order chi connectivity index (χ1) is 20.8. The quantitative estimate of drug-likeness (QED) is 0.235. The van der Waals surface area contributed by atoms with Crippen molar-refractivity contribution in [2.75, 3.05) is 10.6 Å². The van der Waals surface area contributed by atoms with Crippen LogP contribution in [0.25, 0.3) is 65.7 Å². The van der Waals surface area contributed by atoms with Gasteiger partial charge in [-0.2, -0.15) is 0 Å². The van der Waals surface area contributed by atoms with E-state index in [1.807, 2.05) is 18.2 Å². The molecule has 1 aliphatic heterocycles. The van der Waals surface area contributed by atoms with E-state index in [1.165, 1.54) is 44.0 Å². The molecule has 9 rings (SSSR count). The molecule has 0 amide bonds. The number of hydrogen-bond donors (Lipinski definition) is 2. The van der Waals surface area contributed by atoms with Gasteiger partial charge in [0.2, 0.25) is 0 Å². The van der Waals surface area contributed by atoms with Gasteiger partial charge in [0.25, 0.3) is 0 Å². The van der Waals surface area contributed by atoms with Crippen LogP contribution in [0.5, 0.6) is 0 Å². The van der Waals surface area contributed by atoms with Gasteiger partial charge in [0.15, 0.2) is 0 Å². The summed E-state index contributed by atoms with van der Waals surface area (Å²) in [5.41, 5.74) is 10.2.